The van der Waals surface area contributed by atoms with Gasteiger partial charge in [0.05, 0.1) is 35.7 Å². The Morgan fingerprint density at radius 2 is 1.80 bits per heavy atom. The molecule has 2 aromatic rings. The number of nitrogens with zero attached hydrogens (tertiary/aromatic N) is 1. The van der Waals surface area contributed by atoms with Crippen LogP contribution >= 0.6 is 0 Å². The summed E-state index contributed by atoms with van der Waals surface area (Å²) in [7, 11) is 1.20. The van der Waals surface area contributed by atoms with Gasteiger partial charge in [0, 0.05) is 11.5 Å². The Labute approximate surface area is 118 Å². The van der Waals surface area contributed by atoms with E-state index in [1.54, 1.807) is 13.4 Å². The van der Waals surface area contributed by atoms with Crippen molar-refractivity contribution in [3.8, 4) is 5.75 Å². The molecule has 5 nitrogen and oxygen atoms in total. The third kappa shape index (κ3) is 1.91. The lowest BCUT2D eigenvalue weighted by Gasteiger charge is -2.32. The van der Waals surface area contributed by atoms with E-state index >= 15 is 0 Å². The quantitative estimate of drug-likeness (QED) is 0.849. The number of nitrogens with one attached hydrogen (secondary N) is 1. The zero-order chi connectivity index (χ0) is 14.5. The molecule has 0 amide bonds. The van der Waals surface area contributed by atoms with Gasteiger partial charge < -0.3 is 19.0 Å². The first kappa shape index (κ1) is 13.5. The van der Waals surface area contributed by atoms with Crippen LogP contribution in [0.1, 0.15) is 27.7 Å². The molecule has 0 radical (unpaired) electrons. The van der Waals surface area contributed by atoms with Crippen molar-refractivity contribution in [2.75, 3.05) is 7.11 Å². The van der Waals surface area contributed by atoms with Gasteiger partial charge in [-0.3, -0.25) is 0 Å². The molecule has 1 aliphatic heterocycles. The highest BCUT2D eigenvalue weighted by Crippen LogP contribution is 2.37. The molecule has 3 rings (SSSR count). The molecule has 1 aromatic heterocycles. The van der Waals surface area contributed by atoms with Gasteiger partial charge in [-0.25, -0.2) is 4.98 Å². The summed E-state index contributed by atoms with van der Waals surface area (Å²) < 4.78 is 17.6. The van der Waals surface area contributed by atoms with Crippen molar-refractivity contribution in [1.29, 1.82) is 0 Å². The second kappa shape index (κ2) is 4.23. The van der Waals surface area contributed by atoms with Crippen molar-refractivity contribution < 1.29 is 14.0 Å². The summed E-state index contributed by atoms with van der Waals surface area (Å²) in [6, 6.07) is 3.87. The molecule has 106 valence electrons. The number of H-pyrrole nitrogens is 1. The molecule has 1 aliphatic rings. The van der Waals surface area contributed by atoms with E-state index in [1.165, 1.54) is 0 Å². The monoisotopic (exact) mass is 274 g/mol. The van der Waals surface area contributed by atoms with E-state index in [0.29, 0.717) is 0 Å². The molecular weight excluding hydrogens is 255 g/mol. The Morgan fingerprint density at radius 1 is 1.15 bits per heavy atom. The van der Waals surface area contributed by atoms with Crippen molar-refractivity contribution in [2.24, 2.45) is 0 Å². The first-order valence-electron chi connectivity index (χ1n) is 6.71. The highest BCUT2D eigenvalue weighted by molar-refractivity contribution is 6.63. The van der Waals surface area contributed by atoms with Crippen LogP contribution in [0.3, 0.4) is 0 Å². The standard InChI is InChI=1S/C14H19BN2O3/c1-13(2)14(3,4)20-15(19-13)9-6-10-11(17-8-16-10)7-12(9)18-5/h6-8H,1-5H3,(H,16,17). The van der Waals surface area contributed by atoms with Crippen molar-refractivity contribution in [3.63, 3.8) is 0 Å². The number of aromatic nitrogens is 2. The van der Waals surface area contributed by atoms with Crippen molar-refractivity contribution in [2.45, 2.75) is 38.9 Å². The molecule has 0 atom stereocenters. The third-order valence-corrected chi connectivity index (χ3v) is 4.28. The van der Waals surface area contributed by atoms with Crippen LogP contribution in [0.15, 0.2) is 18.5 Å². The Hall–Kier alpha value is -1.53. The normalized spacial score (nSPS) is 20.6. The number of methoxy groups -OCH3 is 1. The molecule has 20 heavy (non-hydrogen) atoms. The van der Waals surface area contributed by atoms with Gasteiger partial charge in [-0.1, -0.05) is 0 Å². The van der Waals surface area contributed by atoms with Gasteiger partial charge in [0.25, 0.3) is 0 Å². The van der Waals surface area contributed by atoms with Crippen molar-refractivity contribution in [1.82, 2.24) is 9.97 Å². The molecule has 1 saturated heterocycles. The van der Waals surface area contributed by atoms with Crippen LogP contribution in [0.2, 0.25) is 0 Å². The van der Waals surface area contributed by atoms with Gasteiger partial charge in [0.1, 0.15) is 5.75 Å². The minimum absolute atomic E-state index is 0.369. The van der Waals surface area contributed by atoms with E-state index in [1.807, 2.05) is 39.8 Å². The van der Waals surface area contributed by atoms with Gasteiger partial charge in [-0.2, -0.15) is 0 Å². The van der Waals surface area contributed by atoms with E-state index in [0.717, 1.165) is 22.2 Å². The maximum atomic E-state index is 6.08. The average Bonchev–Trinajstić information content (AvgIpc) is 2.89. The second-order valence-electron chi connectivity index (χ2n) is 6.10. The van der Waals surface area contributed by atoms with Crippen LogP contribution < -0.4 is 10.2 Å². The Balaban J connectivity index is 2.06. The maximum Gasteiger partial charge on any atom is 0.498 e. The van der Waals surface area contributed by atoms with Crippen molar-refractivity contribution in [3.05, 3.63) is 18.5 Å². The highest BCUT2D eigenvalue weighted by atomic mass is 16.7. The number of hydrogen-bond acceptors (Lipinski definition) is 4. The molecule has 1 N–H and O–H groups in total. The molecule has 1 aromatic carbocycles. The molecular formula is C14H19BN2O3. The topological polar surface area (TPSA) is 56.4 Å². The average molecular weight is 274 g/mol. The number of hydrogen-bond donors (Lipinski definition) is 1. The summed E-state index contributed by atoms with van der Waals surface area (Å²) in [6.07, 6.45) is 1.66. The summed E-state index contributed by atoms with van der Waals surface area (Å²) in [5, 5.41) is 0. The largest absolute Gasteiger partial charge is 0.498 e. The van der Waals surface area contributed by atoms with E-state index in [-0.39, 0.29) is 11.2 Å². The number of rotatable bonds is 2. The lowest BCUT2D eigenvalue weighted by Crippen LogP contribution is -2.41. The van der Waals surface area contributed by atoms with Crippen LogP contribution in [-0.2, 0) is 9.31 Å². The van der Waals surface area contributed by atoms with Gasteiger partial charge in [0.2, 0.25) is 0 Å². The summed E-state index contributed by atoms with van der Waals surface area (Å²) in [5.41, 5.74) is 1.94. The van der Waals surface area contributed by atoms with Crippen LogP contribution in [0.4, 0.5) is 0 Å². The van der Waals surface area contributed by atoms with Gasteiger partial charge in [0.15, 0.2) is 0 Å². The van der Waals surface area contributed by atoms with E-state index in [2.05, 4.69) is 9.97 Å². The SMILES string of the molecule is COc1cc2nc[nH]c2cc1B1OC(C)(C)C(C)(C)O1. The van der Waals surface area contributed by atoms with Crippen LogP contribution in [-0.4, -0.2) is 35.4 Å². The van der Waals surface area contributed by atoms with Gasteiger partial charge in [-0.05, 0) is 33.8 Å². The zero-order valence-corrected chi connectivity index (χ0v) is 12.5. The van der Waals surface area contributed by atoms with Crippen LogP contribution in [0, 0.1) is 0 Å². The number of ether oxygens (including phenoxy) is 1. The lowest BCUT2D eigenvalue weighted by molar-refractivity contribution is 0.00578. The van der Waals surface area contributed by atoms with Gasteiger partial charge in [-0.15, -0.1) is 0 Å². The van der Waals surface area contributed by atoms with Gasteiger partial charge >= 0.3 is 7.12 Å². The number of fused-ring (bicyclic) bond motifs is 1. The summed E-state index contributed by atoms with van der Waals surface area (Å²) in [4.78, 5) is 7.33. The minimum Gasteiger partial charge on any atom is -0.497 e. The molecule has 0 bridgehead atoms. The maximum absolute atomic E-state index is 6.08. The summed E-state index contributed by atoms with van der Waals surface area (Å²) in [5.74, 6) is 0.725. The zero-order valence-electron chi connectivity index (χ0n) is 12.5. The molecule has 0 aliphatic carbocycles. The second-order valence-corrected chi connectivity index (χ2v) is 6.10. The fourth-order valence-corrected chi connectivity index (χ4v) is 2.31. The third-order valence-electron chi connectivity index (χ3n) is 4.28. The van der Waals surface area contributed by atoms with E-state index in [4.69, 9.17) is 14.0 Å². The Morgan fingerprint density at radius 3 is 2.40 bits per heavy atom. The molecule has 0 spiro atoms. The molecule has 0 unspecified atom stereocenters. The van der Waals surface area contributed by atoms with E-state index < -0.39 is 7.12 Å². The summed E-state index contributed by atoms with van der Waals surface area (Å²) >= 11 is 0. The predicted octanol–water partition coefficient (Wildman–Crippen LogP) is 1.87. The fraction of sp³-hybridized carbons (Fsp3) is 0.500. The Kier molecular flexibility index (Phi) is 2.85. The Bertz CT molecular complexity index is 635. The van der Waals surface area contributed by atoms with Crippen LogP contribution in [0.5, 0.6) is 5.75 Å². The number of benzene rings is 1. The lowest BCUT2D eigenvalue weighted by atomic mass is 9.78. The number of imidazole rings is 1. The minimum atomic E-state index is -0.442. The van der Waals surface area contributed by atoms with E-state index in [9.17, 15) is 0 Å². The smallest absolute Gasteiger partial charge is 0.497 e. The van der Waals surface area contributed by atoms with Crippen molar-refractivity contribution >= 4 is 23.6 Å². The predicted molar refractivity (Wildman–Crippen MR) is 78.4 cm³/mol. The first-order chi connectivity index (χ1) is 9.34. The molecule has 0 saturated carbocycles. The molecule has 2 heterocycles. The molecule has 6 heteroatoms. The first-order valence-corrected chi connectivity index (χ1v) is 6.71. The molecule has 1 fully saturated rings. The summed E-state index contributed by atoms with van der Waals surface area (Å²) in [6.45, 7) is 8.14. The van der Waals surface area contributed by atoms with Crippen LogP contribution in [0.25, 0.3) is 11.0 Å². The fourth-order valence-electron chi connectivity index (χ4n) is 2.31. The number of aromatic amines is 1. The highest BCUT2D eigenvalue weighted by Gasteiger charge is 2.52.